The maximum absolute atomic E-state index is 6.04. The summed E-state index contributed by atoms with van der Waals surface area (Å²) in [6.07, 6.45) is 1.02. The maximum Gasteiger partial charge on any atom is 0.132 e. The largest absolute Gasteiger partial charge is 0.497 e. The van der Waals surface area contributed by atoms with Crippen molar-refractivity contribution in [2.75, 3.05) is 13.7 Å². The van der Waals surface area contributed by atoms with Gasteiger partial charge in [0.2, 0.25) is 0 Å². The third kappa shape index (κ3) is 3.99. The molecule has 3 nitrogen and oxygen atoms in total. The highest BCUT2D eigenvalue weighted by Crippen LogP contribution is 2.31. The average Bonchev–Trinajstić information content (AvgIpc) is 2.54. The van der Waals surface area contributed by atoms with Crippen molar-refractivity contribution in [1.29, 1.82) is 0 Å². The van der Waals surface area contributed by atoms with Gasteiger partial charge in [-0.25, -0.2) is 0 Å². The minimum absolute atomic E-state index is 0.310. The van der Waals surface area contributed by atoms with E-state index in [0.717, 1.165) is 30.2 Å². The van der Waals surface area contributed by atoms with Crippen molar-refractivity contribution < 1.29 is 9.47 Å². The molecule has 2 rings (SSSR count). The fourth-order valence-electron chi connectivity index (χ4n) is 2.35. The van der Waals surface area contributed by atoms with Crippen LogP contribution >= 0.6 is 0 Å². The van der Waals surface area contributed by atoms with Gasteiger partial charge in [0.1, 0.15) is 17.2 Å². The van der Waals surface area contributed by atoms with Gasteiger partial charge in [-0.1, -0.05) is 32.0 Å². The van der Waals surface area contributed by atoms with Gasteiger partial charge < -0.3 is 14.8 Å². The number of methoxy groups -OCH3 is 1. The third-order valence-corrected chi connectivity index (χ3v) is 3.44. The van der Waals surface area contributed by atoms with Crippen LogP contribution in [0.15, 0.2) is 48.5 Å². The standard InChI is InChI=1S/C18H23NO2/c1-4-17(19-5-2)16-8-6-7-9-18(16)21-15-12-10-14(20-3)11-13-15/h6-13,17,19H,4-5H2,1-3H3. The quantitative estimate of drug-likeness (QED) is 0.809. The van der Waals surface area contributed by atoms with Gasteiger partial charge >= 0.3 is 0 Å². The predicted octanol–water partition coefficient (Wildman–Crippen LogP) is 4.55. The third-order valence-electron chi connectivity index (χ3n) is 3.44. The molecule has 1 N–H and O–H groups in total. The number of ether oxygens (including phenoxy) is 2. The average molecular weight is 285 g/mol. The molecule has 1 unspecified atom stereocenters. The van der Waals surface area contributed by atoms with Crippen molar-refractivity contribution in [2.45, 2.75) is 26.3 Å². The molecule has 0 saturated carbocycles. The Balaban J connectivity index is 2.22. The summed E-state index contributed by atoms with van der Waals surface area (Å²) in [4.78, 5) is 0. The molecular formula is C18H23NO2. The summed E-state index contributed by atoms with van der Waals surface area (Å²) in [6.45, 7) is 5.24. The van der Waals surface area contributed by atoms with Crippen molar-refractivity contribution in [3.63, 3.8) is 0 Å². The van der Waals surface area contributed by atoms with Gasteiger partial charge in [0.25, 0.3) is 0 Å². The lowest BCUT2D eigenvalue weighted by Crippen LogP contribution is -2.20. The number of benzene rings is 2. The van der Waals surface area contributed by atoms with Crippen LogP contribution < -0.4 is 14.8 Å². The molecule has 0 saturated heterocycles. The van der Waals surface area contributed by atoms with Crippen molar-refractivity contribution in [2.24, 2.45) is 0 Å². The second-order valence-electron chi connectivity index (χ2n) is 4.83. The zero-order valence-corrected chi connectivity index (χ0v) is 12.9. The highest BCUT2D eigenvalue weighted by atomic mass is 16.5. The highest BCUT2D eigenvalue weighted by molar-refractivity contribution is 5.41. The Hall–Kier alpha value is -2.00. The van der Waals surface area contributed by atoms with E-state index < -0.39 is 0 Å². The minimum atomic E-state index is 0.310. The fraction of sp³-hybridized carbons (Fsp3) is 0.333. The Kier molecular flexibility index (Phi) is 5.64. The molecule has 0 heterocycles. The van der Waals surface area contributed by atoms with E-state index in [-0.39, 0.29) is 0 Å². The molecule has 0 bridgehead atoms. The van der Waals surface area contributed by atoms with E-state index in [0.29, 0.717) is 6.04 Å². The van der Waals surface area contributed by atoms with Crippen LogP contribution in [0, 0.1) is 0 Å². The molecule has 1 atom stereocenters. The summed E-state index contributed by atoms with van der Waals surface area (Å²) in [5, 5.41) is 3.49. The van der Waals surface area contributed by atoms with Gasteiger partial charge in [-0.05, 0) is 43.3 Å². The first kappa shape index (κ1) is 15.4. The second-order valence-corrected chi connectivity index (χ2v) is 4.83. The van der Waals surface area contributed by atoms with E-state index in [2.05, 4.69) is 31.3 Å². The zero-order chi connectivity index (χ0) is 15.1. The molecule has 2 aromatic carbocycles. The number of hydrogen-bond acceptors (Lipinski definition) is 3. The van der Waals surface area contributed by atoms with Crippen LogP contribution in [-0.4, -0.2) is 13.7 Å². The molecule has 0 spiro atoms. The number of nitrogens with one attached hydrogen (secondary N) is 1. The van der Waals surface area contributed by atoms with Crippen molar-refractivity contribution in [3.8, 4) is 17.2 Å². The predicted molar refractivity (Wildman–Crippen MR) is 86.2 cm³/mol. The first-order chi connectivity index (χ1) is 10.3. The van der Waals surface area contributed by atoms with Gasteiger partial charge in [-0.2, -0.15) is 0 Å². The minimum Gasteiger partial charge on any atom is -0.497 e. The van der Waals surface area contributed by atoms with Crippen molar-refractivity contribution >= 4 is 0 Å². The summed E-state index contributed by atoms with van der Waals surface area (Å²) < 4.78 is 11.2. The van der Waals surface area contributed by atoms with Gasteiger partial charge in [0.15, 0.2) is 0 Å². The second kappa shape index (κ2) is 7.70. The number of rotatable bonds is 7. The first-order valence-corrected chi connectivity index (χ1v) is 7.42. The van der Waals surface area contributed by atoms with Crippen molar-refractivity contribution in [3.05, 3.63) is 54.1 Å². The molecule has 21 heavy (non-hydrogen) atoms. The molecule has 0 aliphatic rings. The van der Waals surface area contributed by atoms with Crippen LogP contribution in [-0.2, 0) is 0 Å². The Morgan fingerprint density at radius 3 is 2.24 bits per heavy atom. The summed E-state index contributed by atoms with van der Waals surface area (Å²) >= 11 is 0. The lowest BCUT2D eigenvalue weighted by atomic mass is 10.0. The SMILES string of the molecule is CCNC(CC)c1ccccc1Oc1ccc(OC)cc1. The Morgan fingerprint density at radius 2 is 1.62 bits per heavy atom. The van der Waals surface area contributed by atoms with E-state index in [1.165, 1.54) is 5.56 Å². The number of para-hydroxylation sites is 1. The molecule has 0 fully saturated rings. The van der Waals surface area contributed by atoms with E-state index in [1.54, 1.807) is 7.11 Å². The summed E-state index contributed by atoms with van der Waals surface area (Å²) in [7, 11) is 1.66. The smallest absolute Gasteiger partial charge is 0.132 e. The summed E-state index contributed by atoms with van der Waals surface area (Å²) in [6, 6.07) is 16.1. The van der Waals surface area contributed by atoms with Crippen LogP contribution in [0.5, 0.6) is 17.2 Å². The van der Waals surface area contributed by atoms with E-state index in [1.807, 2.05) is 36.4 Å². The number of hydrogen-bond donors (Lipinski definition) is 1. The monoisotopic (exact) mass is 285 g/mol. The van der Waals surface area contributed by atoms with Crippen LogP contribution in [0.1, 0.15) is 31.9 Å². The molecular weight excluding hydrogens is 262 g/mol. The normalized spacial score (nSPS) is 12.0. The van der Waals surface area contributed by atoms with Gasteiger partial charge in [-0.15, -0.1) is 0 Å². The molecule has 0 aliphatic heterocycles. The Morgan fingerprint density at radius 1 is 0.952 bits per heavy atom. The summed E-state index contributed by atoms with van der Waals surface area (Å²) in [5.41, 5.74) is 1.19. The van der Waals surface area contributed by atoms with Crippen LogP contribution in [0.25, 0.3) is 0 Å². The Bertz CT molecular complexity index is 551. The first-order valence-electron chi connectivity index (χ1n) is 7.42. The van der Waals surface area contributed by atoms with Crippen LogP contribution in [0.2, 0.25) is 0 Å². The van der Waals surface area contributed by atoms with Gasteiger partial charge in [0, 0.05) is 11.6 Å². The highest BCUT2D eigenvalue weighted by Gasteiger charge is 2.13. The van der Waals surface area contributed by atoms with E-state index in [4.69, 9.17) is 9.47 Å². The molecule has 2 aromatic rings. The topological polar surface area (TPSA) is 30.5 Å². The zero-order valence-electron chi connectivity index (χ0n) is 12.9. The molecule has 0 aromatic heterocycles. The molecule has 0 amide bonds. The fourth-order valence-corrected chi connectivity index (χ4v) is 2.35. The molecule has 3 heteroatoms. The van der Waals surface area contributed by atoms with E-state index >= 15 is 0 Å². The molecule has 0 aliphatic carbocycles. The maximum atomic E-state index is 6.04. The van der Waals surface area contributed by atoms with Crippen LogP contribution in [0.4, 0.5) is 0 Å². The Labute approximate surface area is 126 Å². The van der Waals surface area contributed by atoms with Crippen molar-refractivity contribution in [1.82, 2.24) is 5.32 Å². The summed E-state index contributed by atoms with van der Waals surface area (Å²) in [5.74, 6) is 2.54. The van der Waals surface area contributed by atoms with Gasteiger partial charge in [0.05, 0.1) is 7.11 Å². The van der Waals surface area contributed by atoms with E-state index in [9.17, 15) is 0 Å². The molecule has 0 radical (unpaired) electrons. The lowest BCUT2D eigenvalue weighted by Gasteiger charge is -2.20. The van der Waals surface area contributed by atoms with Crippen LogP contribution in [0.3, 0.4) is 0 Å². The molecule has 112 valence electrons. The van der Waals surface area contributed by atoms with Gasteiger partial charge in [-0.3, -0.25) is 0 Å². The lowest BCUT2D eigenvalue weighted by molar-refractivity contribution is 0.412.